The standard InChI is InChI=1S/C22H24F2N6O/c23-20(24)13-30-14-26-19-11-17(3-4-18(19)22(30)31)29-9-7-28(8-10-29)12-16-5-6-25-21(27-16)15-1-2-15/h3-6,11,14-15,20H,1-2,7-10,12-13H2. The number of nitrogens with zero attached hydrogens (tertiary/aromatic N) is 6. The van der Waals surface area contributed by atoms with Crippen LogP contribution < -0.4 is 10.5 Å². The zero-order valence-electron chi connectivity index (χ0n) is 17.1. The SMILES string of the molecule is O=c1c2ccc(N3CCN(Cc4ccnc(C5CC5)n4)CC3)cc2ncn1CC(F)F. The molecule has 1 aliphatic carbocycles. The number of anilines is 1. The van der Waals surface area contributed by atoms with Gasteiger partial charge in [-0.1, -0.05) is 0 Å². The smallest absolute Gasteiger partial charge is 0.261 e. The molecule has 0 bridgehead atoms. The molecule has 5 rings (SSSR count). The molecule has 0 atom stereocenters. The van der Waals surface area contributed by atoms with Gasteiger partial charge in [0.15, 0.2) is 0 Å². The predicted octanol–water partition coefficient (Wildman–Crippen LogP) is 2.65. The Kier molecular flexibility index (Phi) is 5.35. The normalized spacial score (nSPS) is 17.6. The Morgan fingerprint density at radius 3 is 2.61 bits per heavy atom. The first-order chi connectivity index (χ1) is 15.1. The summed E-state index contributed by atoms with van der Waals surface area (Å²) in [6.45, 7) is 3.70. The van der Waals surface area contributed by atoms with Gasteiger partial charge in [0.25, 0.3) is 12.0 Å². The lowest BCUT2D eigenvalue weighted by Gasteiger charge is -2.36. The van der Waals surface area contributed by atoms with Gasteiger partial charge in [0.2, 0.25) is 0 Å². The largest absolute Gasteiger partial charge is 0.369 e. The van der Waals surface area contributed by atoms with E-state index in [0.717, 1.165) is 54.5 Å². The minimum Gasteiger partial charge on any atom is -0.369 e. The van der Waals surface area contributed by atoms with E-state index in [9.17, 15) is 13.6 Å². The van der Waals surface area contributed by atoms with Gasteiger partial charge in [-0.2, -0.15) is 0 Å². The highest BCUT2D eigenvalue weighted by atomic mass is 19.3. The molecule has 2 fully saturated rings. The van der Waals surface area contributed by atoms with Crippen LogP contribution in [0.2, 0.25) is 0 Å². The summed E-state index contributed by atoms with van der Waals surface area (Å²) in [5, 5.41) is 0.362. The van der Waals surface area contributed by atoms with Crippen LogP contribution in [0.3, 0.4) is 0 Å². The fourth-order valence-corrected chi connectivity index (χ4v) is 4.05. The summed E-state index contributed by atoms with van der Waals surface area (Å²) >= 11 is 0. The Balaban J connectivity index is 1.24. The van der Waals surface area contributed by atoms with Gasteiger partial charge in [0.05, 0.1) is 29.5 Å². The fraction of sp³-hybridized carbons (Fsp3) is 0.455. The van der Waals surface area contributed by atoms with Crippen LogP contribution in [-0.2, 0) is 13.1 Å². The second kappa shape index (κ2) is 8.30. The third-order valence-electron chi connectivity index (χ3n) is 5.94. The number of fused-ring (bicyclic) bond motifs is 1. The average molecular weight is 426 g/mol. The van der Waals surface area contributed by atoms with Crippen molar-refractivity contribution < 1.29 is 8.78 Å². The lowest BCUT2D eigenvalue weighted by atomic mass is 10.2. The van der Waals surface area contributed by atoms with Gasteiger partial charge < -0.3 is 4.90 Å². The zero-order valence-corrected chi connectivity index (χ0v) is 17.1. The highest BCUT2D eigenvalue weighted by Gasteiger charge is 2.27. The Hall–Kier alpha value is -2.94. The summed E-state index contributed by atoms with van der Waals surface area (Å²) in [6, 6.07) is 7.42. The monoisotopic (exact) mass is 426 g/mol. The fourth-order valence-electron chi connectivity index (χ4n) is 4.05. The predicted molar refractivity (Wildman–Crippen MR) is 114 cm³/mol. The molecule has 3 aromatic rings. The van der Waals surface area contributed by atoms with Gasteiger partial charge in [0.1, 0.15) is 5.82 Å². The maximum Gasteiger partial charge on any atom is 0.261 e. The average Bonchev–Trinajstić information content (AvgIpc) is 3.62. The highest BCUT2D eigenvalue weighted by Crippen LogP contribution is 2.37. The first-order valence-electron chi connectivity index (χ1n) is 10.6. The van der Waals surface area contributed by atoms with Gasteiger partial charge in [-0.25, -0.2) is 23.7 Å². The molecule has 1 aromatic carbocycles. The van der Waals surface area contributed by atoms with Crippen LogP contribution in [0.1, 0.15) is 30.3 Å². The summed E-state index contributed by atoms with van der Waals surface area (Å²) in [5.41, 5.74) is 2.16. The molecule has 31 heavy (non-hydrogen) atoms. The third-order valence-corrected chi connectivity index (χ3v) is 5.94. The Bertz CT molecular complexity index is 1140. The second-order valence-corrected chi connectivity index (χ2v) is 8.24. The molecule has 2 aliphatic rings. The van der Waals surface area contributed by atoms with E-state index < -0.39 is 18.5 Å². The molecule has 0 amide bonds. The molecule has 1 aliphatic heterocycles. The van der Waals surface area contributed by atoms with Gasteiger partial charge in [0, 0.05) is 50.5 Å². The van der Waals surface area contributed by atoms with Crippen LogP contribution in [0.15, 0.2) is 41.6 Å². The summed E-state index contributed by atoms with van der Waals surface area (Å²) in [6.07, 6.45) is 2.88. The number of hydrogen-bond donors (Lipinski definition) is 0. The minimum atomic E-state index is -2.59. The van der Waals surface area contributed by atoms with Gasteiger partial charge >= 0.3 is 0 Å². The Morgan fingerprint density at radius 1 is 1.06 bits per heavy atom. The van der Waals surface area contributed by atoms with E-state index in [-0.39, 0.29) is 0 Å². The van der Waals surface area contributed by atoms with Crippen molar-refractivity contribution in [1.29, 1.82) is 0 Å². The Morgan fingerprint density at radius 2 is 1.87 bits per heavy atom. The first-order valence-corrected chi connectivity index (χ1v) is 10.6. The van der Waals surface area contributed by atoms with Crippen LogP contribution in [0.25, 0.3) is 10.9 Å². The molecule has 2 aromatic heterocycles. The van der Waals surface area contributed by atoms with E-state index >= 15 is 0 Å². The molecule has 0 N–H and O–H groups in total. The quantitative estimate of drug-likeness (QED) is 0.604. The maximum atomic E-state index is 12.6. The lowest BCUT2D eigenvalue weighted by molar-refractivity contribution is 0.125. The highest BCUT2D eigenvalue weighted by molar-refractivity contribution is 5.81. The molecule has 0 unspecified atom stereocenters. The van der Waals surface area contributed by atoms with E-state index in [4.69, 9.17) is 4.98 Å². The number of alkyl halides is 2. The molecule has 3 heterocycles. The summed E-state index contributed by atoms with van der Waals surface area (Å²) in [4.78, 5) is 30.4. The summed E-state index contributed by atoms with van der Waals surface area (Å²) < 4.78 is 26.2. The van der Waals surface area contributed by atoms with Crippen molar-refractivity contribution in [2.45, 2.75) is 38.3 Å². The van der Waals surface area contributed by atoms with Crippen molar-refractivity contribution in [3.05, 3.63) is 58.7 Å². The van der Waals surface area contributed by atoms with Crippen LogP contribution >= 0.6 is 0 Å². The molecular weight excluding hydrogens is 402 g/mol. The van der Waals surface area contributed by atoms with Crippen LogP contribution in [-0.4, -0.2) is 57.0 Å². The zero-order chi connectivity index (χ0) is 21.4. The van der Waals surface area contributed by atoms with Crippen LogP contribution in [0.4, 0.5) is 14.5 Å². The molecule has 1 saturated carbocycles. The number of aromatic nitrogens is 4. The van der Waals surface area contributed by atoms with E-state index in [0.29, 0.717) is 16.8 Å². The summed E-state index contributed by atoms with van der Waals surface area (Å²) in [5.74, 6) is 1.53. The van der Waals surface area contributed by atoms with E-state index in [2.05, 4.69) is 19.8 Å². The van der Waals surface area contributed by atoms with Crippen molar-refractivity contribution in [2.24, 2.45) is 0 Å². The van der Waals surface area contributed by atoms with E-state index in [1.807, 2.05) is 24.4 Å². The lowest BCUT2D eigenvalue weighted by Crippen LogP contribution is -2.46. The number of hydrogen-bond acceptors (Lipinski definition) is 6. The van der Waals surface area contributed by atoms with E-state index in [1.54, 1.807) is 6.07 Å². The van der Waals surface area contributed by atoms with Crippen LogP contribution in [0.5, 0.6) is 0 Å². The van der Waals surface area contributed by atoms with Crippen molar-refractivity contribution in [3.63, 3.8) is 0 Å². The van der Waals surface area contributed by atoms with E-state index in [1.165, 1.54) is 19.2 Å². The molecule has 9 heteroatoms. The topological polar surface area (TPSA) is 67.2 Å². The number of halogens is 2. The Labute approximate surface area is 178 Å². The number of benzene rings is 1. The van der Waals surface area contributed by atoms with Crippen molar-refractivity contribution >= 4 is 16.6 Å². The molecular formula is C22H24F2N6O. The van der Waals surface area contributed by atoms with Crippen LogP contribution in [0, 0.1) is 0 Å². The minimum absolute atomic E-state index is 0.362. The van der Waals surface area contributed by atoms with Crippen molar-refractivity contribution in [2.75, 3.05) is 31.1 Å². The number of piperazine rings is 1. The maximum absolute atomic E-state index is 12.6. The third kappa shape index (κ3) is 4.41. The second-order valence-electron chi connectivity index (χ2n) is 8.24. The first kappa shape index (κ1) is 20.0. The number of rotatable bonds is 6. The molecule has 0 radical (unpaired) electrons. The van der Waals surface area contributed by atoms with Gasteiger partial charge in [-0.05, 0) is 37.1 Å². The molecule has 7 nitrogen and oxygen atoms in total. The van der Waals surface area contributed by atoms with Crippen molar-refractivity contribution in [3.8, 4) is 0 Å². The summed E-state index contributed by atoms with van der Waals surface area (Å²) in [7, 11) is 0. The van der Waals surface area contributed by atoms with Gasteiger partial charge in [-0.15, -0.1) is 0 Å². The molecule has 1 saturated heterocycles. The van der Waals surface area contributed by atoms with Gasteiger partial charge in [-0.3, -0.25) is 14.3 Å². The molecule has 0 spiro atoms. The molecule has 162 valence electrons. The van der Waals surface area contributed by atoms with Crippen molar-refractivity contribution in [1.82, 2.24) is 24.4 Å².